The molecule has 2 N–H and O–H groups in total. The Morgan fingerprint density at radius 2 is 1.76 bits per heavy atom. The third-order valence-electron chi connectivity index (χ3n) is 5.52. The second-order valence-corrected chi connectivity index (χ2v) is 7.26. The fourth-order valence-electron chi connectivity index (χ4n) is 4.03. The first kappa shape index (κ1) is 16.2. The van der Waals surface area contributed by atoms with Crippen LogP contribution in [-0.4, -0.2) is 26.4 Å². The Morgan fingerprint density at radius 3 is 2.48 bits per heavy atom. The molecule has 0 bridgehead atoms. The molecule has 0 spiro atoms. The van der Waals surface area contributed by atoms with Gasteiger partial charge in [-0.15, -0.1) is 0 Å². The minimum Gasteiger partial charge on any atom is -0.399 e. The largest absolute Gasteiger partial charge is 0.399 e. The summed E-state index contributed by atoms with van der Waals surface area (Å²) in [6.45, 7) is 5.62. The number of likely N-dealkylation sites (tertiary alicyclic amines) is 1. The molecule has 4 nitrogen and oxygen atoms in total. The maximum absolute atomic E-state index is 5.87. The van der Waals surface area contributed by atoms with E-state index in [0.29, 0.717) is 12.1 Å². The molecule has 0 amide bonds. The van der Waals surface area contributed by atoms with E-state index < -0.39 is 0 Å². The molecule has 25 heavy (non-hydrogen) atoms. The molecule has 0 radical (unpaired) electrons. The van der Waals surface area contributed by atoms with E-state index in [1.807, 2.05) is 18.2 Å². The van der Waals surface area contributed by atoms with Crippen LogP contribution in [0.2, 0.25) is 0 Å². The average Bonchev–Trinajstić information content (AvgIpc) is 2.97. The summed E-state index contributed by atoms with van der Waals surface area (Å²) in [5.74, 6) is 0. The quantitative estimate of drug-likeness (QED) is 0.725. The van der Waals surface area contributed by atoms with Crippen LogP contribution in [-0.2, 0) is 6.54 Å². The van der Waals surface area contributed by atoms with Crippen LogP contribution in [0.25, 0.3) is 16.9 Å². The lowest BCUT2D eigenvalue weighted by Crippen LogP contribution is -2.43. The summed E-state index contributed by atoms with van der Waals surface area (Å²) in [5.41, 5.74) is 11.1. The van der Waals surface area contributed by atoms with Crippen LogP contribution in [0.15, 0.2) is 48.7 Å². The number of rotatable bonds is 3. The normalized spacial score (nSPS) is 21.7. The lowest BCUT2D eigenvalue weighted by Gasteiger charge is -2.39. The molecule has 2 unspecified atom stereocenters. The highest BCUT2D eigenvalue weighted by Gasteiger charge is 2.27. The van der Waals surface area contributed by atoms with Gasteiger partial charge in [0.25, 0.3) is 0 Å². The van der Waals surface area contributed by atoms with Crippen molar-refractivity contribution in [1.82, 2.24) is 14.3 Å². The van der Waals surface area contributed by atoms with Crippen LogP contribution in [0.5, 0.6) is 0 Å². The molecule has 1 aliphatic heterocycles. The highest BCUT2D eigenvalue weighted by atomic mass is 15.2. The number of anilines is 1. The van der Waals surface area contributed by atoms with Gasteiger partial charge in [0.1, 0.15) is 5.65 Å². The molecule has 1 aliphatic rings. The summed E-state index contributed by atoms with van der Waals surface area (Å²) in [6, 6.07) is 15.5. The van der Waals surface area contributed by atoms with E-state index >= 15 is 0 Å². The number of hydrogen-bond donors (Lipinski definition) is 1. The van der Waals surface area contributed by atoms with Crippen molar-refractivity contribution < 1.29 is 0 Å². The van der Waals surface area contributed by atoms with Crippen molar-refractivity contribution in [3.05, 3.63) is 54.4 Å². The van der Waals surface area contributed by atoms with Crippen molar-refractivity contribution in [1.29, 1.82) is 0 Å². The first-order valence-corrected chi connectivity index (χ1v) is 9.21. The fraction of sp³-hybridized carbons (Fsp3) is 0.381. The molecule has 3 heterocycles. The molecule has 1 aromatic carbocycles. The van der Waals surface area contributed by atoms with Gasteiger partial charge in [0.05, 0.1) is 11.4 Å². The number of piperidine rings is 1. The summed E-state index contributed by atoms with van der Waals surface area (Å²) in [4.78, 5) is 7.55. The van der Waals surface area contributed by atoms with Crippen molar-refractivity contribution in [3.8, 4) is 11.3 Å². The predicted octanol–water partition coefficient (Wildman–Crippen LogP) is 4.35. The van der Waals surface area contributed by atoms with E-state index in [2.05, 4.69) is 53.6 Å². The Morgan fingerprint density at radius 1 is 1.04 bits per heavy atom. The Balaban J connectivity index is 1.80. The van der Waals surface area contributed by atoms with Gasteiger partial charge in [0.15, 0.2) is 0 Å². The topological polar surface area (TPSA) is 46.6 Å². The van der Waals surface area contributed by atoms with Gasteiger partial charge in [-0.3, -0.25) is 4.90 Å². The Bertz CT molecular complexity index is 855. The minimum atomic E-state index is 0.609. The zero-order valence-corrected chi connectivity index (χ0v) is 15.0. The number of nitrogens with two attached hydrogens (primary N) is 1. The smallest absolute Gasteiger partial charge is 0.137 e. The van der Waals surface area contributed by atoms with Gasteiger partial charge in [0, 0.05) is 36.1 Å². The van der Waals surface area contributed by atoms with Crippen molar-refractivity contribution in [2.45, 2.75) is 51.7 Å². The van der Waals surface area contributed by atoms with E-state index in [1.54, 1.807) is 0 Å². The molecule has 2 atom stereocenters. The maximum atomic E-state index is 5.87. The highest BCUT2D eigenvalue weighted by molar-refractivity contribution is 5.68. The highest BCUT2D eigenvalue weighted by Crippen LogP contribution is 2.30. The standard InChI is InChI=1S/C21H26N4/c1-15-6-5-7-16(2)25(15)14-19-21(17-9-11-18(22)12-10-17)23-20-8-3-4-13-24(19)20/h3-4,8-13,15-16H,5-7,14,22H2,1-2H3. The van der Waals surface area contributed by atoms with E-state index in [9.17, 15) is 0 Å². The summed E-state index contributed by atoms with van der Waals surface area (Å²) in [5, 5.41) is 0. The lowest BCUT2D eigenvalue weighted by atomic mass is 9.97. The van der Waals surface area contributed by atoms with Crippen molar-refractivity contribution >= 4 is 11.3 Å². The average molecular weight is 334 g/mol. The van der Waals surface area contributed by atoms with Crippen molar-refractivity contribution in [3.63, 3.8) is 0 Å². The van der Waals surface area contributed by atoms with E-state index in [4.69, 9.17) is 10.7 Å². The molecule has 4 heteroatoms. The van der Waals surface area contributed by atoms with Gasteiger partial charge in [-0.25, -0.2) is 4.98 Å². The fourth-order valence-corrected chi connectivity index (χ4v) is 4.03. The van der Waals surface area contributed by atoms with Crippen LogP contribution in [0, 0.1) is 0 Å². The van der Waals surface area contributed by atoms with Gasteiger partial charge >= 0.3 is 0 Å². The molecule has 0 saturated carbocycles. The summed E-state index contributed by atoms with van der Waals surface area (Å²) >= 11 is 0. The van der Waals surface area contributed by atoms with Gasteiger partial charge < -0.3 is 10.1 Å². The first-order valence-electron chi connectivity index (χ1n) is 9.21. The molecular weight excluding hydrogens is 308 g/mol. The second-order valence-electron chi connectivity index (χ2n) is 7.26. The van der Waals surface area contributed by atoms with E-state index in [1.165, 1.54) is 25.0 Å². The predicted molar refractivity (Wildman–Crippen MR) is 103 cm³/mol. The number of fused-ring (bicyclic) bond motifs is 1. The number of nitrogens with zero attached hydrogens (tertiary/aromatic N) is 3. The molecule has 4 rings (SSSR count). The molecule has 3 aromatic rings. The van der Waals surface area contributed by atoms with Crippen LogP contribution >= 0.6 is 0 Å². The number of aromatic nitrogens is 2. The molecule has 1 saturated heterocycles. The van der Waals surface area contributed by atoms with Gasteiger partial charge in [-0.2, -0.15) is 0 Å². The molecule has 2 aromatic heterocycles. The van der Waals surface area contributed by atoms with Gasteiger partial charge in [0.2, 0.25) is 0 Å². The minimum absolute atomic E-state index is 0.609. The zero-order valence-electron chi connectivity index (χ0n) is 15.0. The molecular formula is C21H26N4. The van der Waals surface area contributed by atoms with E-state index in [0.717, 1.165) is 29.1 Å². The zero-order chi connectivity index (χ0) is 17.4. The van der Waals surface area contributed by atoms with Crippen molar-refractivity contribution in [2.75, 3.05) is 5.73 Å². The number of benzene rings is 1. The summed E-state index contributed by atoms with van der Waals surface area (Å²) in [7, 11) is 0. The molecule has 0 aliphatic carbocycles. The lowest BCUT2D eigenvalue weighted by molar-refractivity contribution is 0.0937. The third kappa shape index (κ3) is 3.02. The Hall–Kier alpha value is -2.33. The number of hydrogen-bond acceptors (Lipinski definition) is 3. The van der Waals surface area contributed by atoms with Gasteiger partial charge in [-0.1, -0.05) is 24.6 Å². The summed E-state index contributed by atoms with van der Waals surface area (Å²) in [6.07, 6.45) is 6.01. The number of pyridine rings is 1. The maximum Gasteiger partial charge on any atom is 0.137 e. The van der Waals surface area contributed by atoms with E-state index in [-0.39, 0.29) is 0 Å². The van der Waals surface area contributed by atoms with Crippen LogP contribution in [0.3, 0.4) is 0 Å². The monoisotopic (exact) mass is 334 g/mol. The second kappa shape index (κ2) is 6.52. The van der Waals surface area contributed by atoms with Crippen LogP contribution in [0.1, 0.15) is 38.8 Å². The summed E-state index contributed by atoms with van der Waals surface area (Å²) < 4.78 is 2.24. The van der Waals surface area contributed by atoms with Crippen LogP contribution in [0.4, 0.5) is 5.69 Å². The van der Waals surface area contributed by atoms with Crippen LogP contribution < -0.4 is 5.73 Å². The van der Waals surface area contributed by atoms with Crippen molar-refractivity contribution in [2.24, 2.45) is 0 Å². The van der Waals surface area contributed by atoms with Gasteiger partial charge in [-0.05, 0) is 51.0 Å². The molecule has 1 fully saturated rings. The molecule has 130 valence electrons. The SMILES string of the molecule is CC1CCCC(C)N1Cc1c(-c2ccc(N)cc2)nc2ccccn12. The number of nitrogen functional groups attached to an aromatic ring is 1. The third-order valence-corrected chi connectivity index (χ3v) is 5.52. The first-order chi connectivity index (χ1) is 12.1. The Labute approximate surface area is 149 Å². The number of imidazole rings is 1. The Kier molecular flexibility index (Phi) is 4.22.